The maximum Gasteiger partial charge on any atom is 0.226 e. The highest BCUT2D eigenvalue weighted by molar-refractivity contribution is 5.07. The van der Waals surface area contributed by atoms with Crippen molar-refractivity contribution in [1.29, 1.82) is 0 Å². The van der Waals surface area contributed by atoms with Crippen molar-refractivity contribution in [2.45, 2.75) is 46.6 Å². The van der Waals surface area contributed by atoms with E-state index >= 15 is 0 Å². The quantitative estimate of drug-likeness (QED) is 0.796. The van der Waals surface area contributed by atoms with Gasteiger partial charge in [0.15, 0.2) is 5.82 Å². The normalized spacial score (nSPS) is 11.0. The average molecular weight is 234 g/mol. The summed E-state index contributed by atoms with van der Waals surface area (Å²) in [6.07, 6.45) is 3.08. The van der Waals surface area contributed by atoms with Gasteiger partial charge in [-0.25, -0.2) is 0 Å². The van der Waals surface area contributed by atoms with Crippen molar-refractivity contribution < 1.29 is 4.52 Å². The lowest BCUT2D eigenvalue weighted by Crippen LogP contribution is -2.05. The van der Waals surface area contributed by atoms with E-state index in [9.17, 15) is 0 Å². The van der Waals surface area contributed by atoms with Gasteiger partial charge in [-0.2, -0.15) is 10.1 Å². The van der Waals surface area contributed by atoms with E-state index in [1.54, 1.807) is 0 Å². The molecule has 0 spiro atoms. The van der Waals surface area contributed by atoms with Gasteiger partial charge >= 0.3 is 0 Å². The van der Waals surface area contributed by atoms with E-state index in [0.717, 1.165) is 36.5 Å². The van der Waals surface area contributed by atoms with Crippen LogP contribution in [0.2, 0.25) is 0 Å². The summed E-state index contributed by atoms with van der Waals surface area (Å²) >= 11 is 0. The Kier molecular flexibility index (Phi) is 3.56. The van der Waals surface area contributed by atoms with Gasteiger partial charge < -0.3 is 4.52 Å². The first-order valence-electron chi connectivity index (χ1n) is 6.01. The third kappa shape index (κ3) is 2.93. The summed E-state index contributed by atoms with van der Waals surface area (Å²) in [5.74, 6) is 1.42. The Morgan fingerprint density at radius 1 is 1.35 bits per heavy atom. The van der Waals surface area contributed by atoms with E-state index < -0.39 is 0 Å². The molecule has 0 fully saturated rings. The molecule has 2 aromatic heterocycles. The van der Waals surface area contributed by atoms with E-state index in [1.165, 1.54) is 0 Å². The molecule has 0 amide bonds. The fourth-order valence-electron chi connectivity index (χ4n) is 1.75. The number of hydrogen-bond acceptors (Lipinski definition) is 4. The molecule has 2 heterocycles. The van der Waals surface area contributed by atoms with Crippen molar-refractivity contribution in [2.24, 2.45) is 0 Å². The van der Waals surface area contributed by atoms with Crippen molar-refractivity contribution in [1.82, 2.24) is 19.9 Å². The highest BCUT2D eigenvalue weighted by atomic mass is 16.5. The summed E-state index contributed by atoms with van der Waals surface area (Å²) in [7, 11) is 0. The molecule has 0 saturated carbocycles. The monoisotopic (exact) mass is 234 g/mol. The zero-order chi connectivity index (χ0) is 12.3. The summed E-state index contributed by atoms with van der Waals surface area (Å²) in [4.78, 5) is 4.35. The molecule has 0 unspecified atom stereocenters. The van der Waals surface area contributed by atoms with Gasteiger partial charge in [-0.1, -0.05) is 18.5 Å². The average Bonchev–Trinajstić information content (AvgIpc) is 2.84. The van der Waals surface area contributed by atoms with E-state index in [2.05, 4.69) is 22.2 Å². The summed E-state index contributed by atoms with van der Waals surface area (Å²) in [6, 6.07) is 2.04. The molecule has 92 valence electrons. The molecule has 17 heavy (non-hydrogen) atoms. The predicted molar refractivity (Wildman–Crippen MR) is 63.7 cm³/mol. The molecule has 0 radical (unpaired) electrons. The van der Waals surface area contributed by atoms with Crippen LogP contribution < -0.4 is 0 Å². The Hall–Kier alpha value is -1.65. The van der Waals surface area contributed by atoms with Crippen LogP contribution in [-0.4, -0.2) is 19.9 Å². The first-order chi connectivity index (χ1) is 8.19. The summed E-state index contributed by atoms with van der Waals surface area (Å²) in [5, 5.41) is 8.34. The Morgan fingerprint density at radius 2 is 2.18 bits per heavy atom. The second-order valence-electron chi connectivity index (χ2n) is 4.29. The third-order valence-corrected chi connectivity index (χ3v) is 2.65. The van der Waals surface area contributed by atoms with Crippen LogP contribution in [0.3, 0.4) is 0 Å². The zero-order valence-corrected chi connectivity index (χ0v) is 10.6. The van der Waals surface area contributed by atoms with Gasteiger partial charge in [-0.15, -0.1) is 0 Å². The van der Waals surface area contributed by atoms with Crippen LogP contribution in [-0.2, 0) is 13.0 Å². The van der Waals surface area contributed by atoms with E-state index in [1.807, 2.05) is 24.6 Å². The Bertz CT molecular complexity index is 486. The molecule has 0 atom stereocenters. The molecule has 5 nitrogen and oxygen atoms in total. The van der Waals surface area contributed by atoms with Crippen LogP contribution in [0, 0.1) is 13.8 Å². The van der Waals surface area contributed by atoms with Crippen molar-refractivity contribution in [3.05, 3.63) is 29.2 Å². The topological polar surface area (TPSA) is 56.7 Å². The fraction of sp³-hybridized carbons (Fsp3) is 0.583. The van der Waals surface area contributed by atoms with Crippen LogP contribution in [0.15, 0.2) is 10.6 Å². The lowest BCUT2D eigenvalue weighted by Gasteiger charge is -1.98. The van der Waals surface area contributed by atoms with Crippen LogP contribution in [0.1, 0.15) is 42.9 Å². The van der Waals surface area contributed by atoms with Crippen molar-refractivity contribution >= 4 is 0 Å². The molecule has 0 bridgehead atoms. The van der Waals surface area contributed by atoms with E-state index in [0.29, 0.717) is 12.4 Å². The van der Waals surface area contributed by atoms with Crippen molar-refractivity contribution in [2.75, 3.05) is 0 Å². The number of rotatable bonds is 5. The molecule has 0 aliphatic carbocycles. The highest BCUT2D eigenvalue weighted by Crippen LogP contribution is 2.07. The van der Waals surface area contributed by atoms with Gasteiger partial charge in [0.1, 0.15) is 6.54 Å². The molecular weight excluding hydrogens is 216 g/mol. The lowest BCUT2D eigenvalue weighted by atomic mass is 10.2. The van der Waals surface area contributed by atoms with Crippen LogP contribution >= 0.6 is 0 Å². The van der Waals surface area contributed by atoms with Crippen LogP contribution in [0.25, 0.3) is 0 Å². The van der Waals surface area contributed by atoms with Crippen molar-refractivity contribution in [3.8, 4) is 0 Å². The minimum atomic E-state index is 0.579. The van der Waals surface area contributed by atoms with E-state index in [4.69, 9.17) is 4.52 Å². The largest absolute Gasteiger partial charge is 0.339 e. The predicted octanol–water partition coefficient (Wildman–Crippen LogP) is 2.27. The standard InChI is InChI=1S/C12H18N4O/c1-4-5-6-12-13-11(15-17-12)8-16-10(3)7-9(2)14-16/h7H,4-6,8H2,1-3H3. The Labute approximate surface area is 101 Å². The zero-order valence-electron chi connectivity index (χ0n) is 10.6. The molecule has 0 aliphatic heterocycles. The number of nitrogens with zero attached hydrogens (tertiary/aromatic N) is 4. The van der Waals surface area contributed by atoms with E-state index in [-0.39, 0.29) is 0 Å². The SMILES string of the molecule is CCCCc1nc(Cn2nc(C)cc2C)no1. The van der Waals surface area contributed by atoms with Gasteiger partial charge in [0.05, 0.1) is 5.69 Å². The molecule has 2 aromatic rings. The summed E-state index contributed by atoms with van der Waals surface area (Å²) in [6.45, 7) is 6.73. The Morgan fingerprint density at radius 3 is 2.82 bits per heavy atom. The Balaban J connectivity index is 2.03. The molecule has 0 aromatic carbocycles. The molecular formula is C12H18N4O. The summed E-state index contributed by atoms with van der Waals surface area (Å²) in [5.41, 5.74) is 2.12. The number of hydrogen-bond donors (Lipinski definition) is 0. The maximum atomic E-state index is 5.18. The van der Waals surface area contributed by atoms with Crippen LogP contribution in [0.4, 0.5) is 0 Å². The fourth-order valence-corrected chi connectivity index (χ4v) is 1.75. The number of aryl methyl sites for hydroxylation is 3. The maximum absolute atomic E-state index is 5.18. The first kappa shape index (κ1) is 11.8. The highest BCUT2D eigenvalue weighted by Gasteiger charge is 2.08. The minimum absolute atomic E-state index is 0.579. The van der Waals surface area contributed by atoms with Gasteiger partial charge in [0.25, 0.3) is 0 Å². The van der Waals surface area contributed by atoms with Gasteiger partial charge in [0.2, 0.25) is 5.89 Å². The molecule has 2 rings (SSSR count). The minimum Gasteiger partial charge on any atom is -0.339 e. The van der Waals surface area contributed by atoms with Crippen LogP contribution in [0.5, 0.6) is 0 Å². The number of aromatic nitrogens is 4. The molecule has 0 saturated heterocycles. The molecule has 0 aliphatic rings. The second-order valence-corrected chi connectivity index (χ2v) is 4.29. The van der Waals surface area contributed by atoms with Gasteiger partial charge in [0, 0.05) is 12.1 Å². The molecule has 5 heteroatoms. The second kappa shape index (κ2) is 5.12. The van der Waals surface area contributed by atoms with Crippen molar-refractivity contribution in [3.63, 3.8) is 0 Å². The van der Waals surface area contributed by atoms with Gasteiger partial charge in [-0.05, 0) is 26.3 Å². The number of unbranched alkanes of at least 4 members (excludes halogenated alkanes) is 1. The molecule has 0 N–H and O–H groups in total. The third-order valence-electron chi connectivity index (χ3n) is 2.65. The summed E-state index contributed by atoms with van der Waals surface area (Å²) < 4.78 is 7.08. The first-order valence-corrected chi connectivity index (χ1v) is 6.01. The smallest absolute Gasteiger partial charge is 0.226 e. The van der Waals surface area contributed by atoms with Gasteiger partial charge in [-0.3, -0.25) is 4.68 Å². The lowest BCUT2D eigenvalue weighted by molar-refractivity contribution is 0.368.